The van der Waals surface area contributed by atoms with Crippen LogP contribution in [-0.4, -0.2) is 31.4 Å². The Kier molecular flexibility index (Phi) is 5.99. The van der Waals surface area contributed by atoms with Crippen molar-refractivity contribution < 1.29 is 23.4 Å². The van der Waals surface area contributed by atoms with Crippen LogP contribution in [0.3, 0.4) is 0 Å². The van der Waals surface area contributed by atoms with E-state index in [1.54, 1.807) is 29.9 Å². The minimum Gasteiger partial charge on any atom is -0.496 e. The van der Waals surface area contributed by atoms with E-state index in [1.807, 2.05) is 31.2 Å². The first-order valence-electron chi connectivity index (χ1n) is 8.91. The molecule has 0 spiro atoms. The second-order valence-corrected chi connectivity index (χ2v) is 6.08. The molecule has 0 unspecified atom stereocenters. The average Bonchev–Trinajstić information content (AvgIpc) is 3.07. The Balaban J connectivity index is 2.20. The van der Waals surface area contributed by atoms with Gasteiger partial charge in [0, 0.05) is 17.2 Å². The van der Waals surface area contributed by atoms with Crippen molar-refractivity contribution in [2.75, 3.05) is 20.8 Å². The second kappa shape index (κ2) is 8.61. The average molecular weight is 383 g/mol. The van der Waals surface area contributed by atoms with Gasteiger partial charge in [-0.05, 0) is 30.7 Å². The minimum absolute atomic E-state index is 0.316. The number of esters is 1. The maximum atomic E-state index is 13.3. The van der Waals surface area contributed by atoms with Crippen molar-refractivity contribution in [3.63, 3.8) is 0 Å². The summed E-state index contributed by atoms with van der Waals surface area (Å²) in [5, 5.41) is 0. The molecule has 6 heteroatoms. The zero-order valence-electron chi connectivity index (χ0n) is 16.1. The molecule has 1 aromatic heterocycles. The standard InChI is InChI=1S/C22H22FNO4/c1-4-28-20-13-18(17-7-5-6-8-19(17)26-2)21(22(25)27-3)24(20)14-15-9-11-16(23)12-10-15/h5-13H,4,14H2,1-3H3. The first kappa shape index (κ1) is 19.5. The molecule has 0 radical (unpaired) electrons. The van der Waals surface area contributed by atoms with Gasteiger partial charge in [-0.1, -0.05) is 30.3 Å². The highest BCUT2D eigenvalue weighted by atomic mass is 19.1. The van der Waals surface area contributed by atoms with Crippen LogP contribution in [0.15, 0.2) is 54.6 Å². The molecule has 146 valence electrons. The summed E-state index contributed by atoms with van der Waals surface area (Å²) in [5.74, 6) is 0.348. The van der Waals surface area contributed by atoms with E-state index in [9.17, 15) is 9.18 Å². The van der Waals surface area contributed by atoms with Gasteiger partial charge in [0.2, 0.25) is 0 Å². The molecular formula is C22H22FNO4. The van der Waals surface area contributed by atoms with Gasteiger partial charge in [-0.2, -0.15) is 0 Å². The van der Waals surface area contributed by atoms with Crippen molar-refractivity contribution in [2.45, 2.75) is 13.5 Å². The Morgan fingerprint density at radius 1 is 1.04 bits per heavy atom. The van der Waals surface area contributed by atoms with Gasteiger partial charge >= 0.3 is 5.97 Å². The van der Waals surface area contributed by atoms with Gasteiger partial charge < -0.3 is 18.8 Å². The molecule has 0 fully saturated rings. The van der Waals surface area contributed by atoms with Crippen LogP contribution in [0.2, 0.25) is 0 Å². The van der Waals surface area contributed by atoms with Crippen molar-refractivity contribution in [3.05, 3.63) is 71.7 Å². The first-order chi connectivity index (χ1) is 13.6. The number of methoxy groups -OCH3 is 2. The largest absolute Gasteiger partial charge is 0.496 e. The van der Waals surface area contributed by atoms with Gasteiger partial charge in [-0.15, -0.1) is 0 Å². The summed E-state index contributed by atoms with van der Waals surface area (Å²) >= 11 is 0. The van der Waals surface area contributed by atoms with E-state index >= 15 is 0 Å². The molecule has 5 nitrogen and oxygen atoms in total. The zero-order valence-corrected chi connectivity index (χ0v) is 16.1. The maximum Gasteiger partial charge on any atom is 0.355 e. The lowest BCUT2D eigenvalue weighted by Crippen LogP contribution is -2.14. The van der Waals surface area contributed by atoms with Crippen molar-refractivity contribution >= 4 is 5.97 Å². The molecule has 0 bridgehead atoms. The van der Waals surface area contributed by atoms with Crippen molar-refractivity contribution in [1.82, 2.24) is 4.57 Å². The molecule has 0 saturated carbocycles. The molecule has 0 aliphatic carbocycles. The molecule has 3 rings (SSSR count). The first-order valence-corrected chi connectivity index (χ1v) is 8.91. The van der Waals surface area contributed by atoms with Crippen LogP contribution in [0.1, 0.15) is 23.0 Å². The molecule has 28 heavy (non-hydrogen) atoms. The number of hydrogen-bond acceptors (Lipinski definition) is 4. The summed E-state index contributed by atoms with van der Waals surface area (Å²) in [6.07, 6.45) is 0. The molecule has 3 aromatic rings. The van der Waals surface area contributed by atoms with Crippen LogP contribution in [0.5, 0.6) is 11.6 Å². The van der Waals surface area contributed by atoms with Crippen molar-refractivity contribution in [2.24, 2.45) is 0 Å². The number of para-hydroxylation sites is 1. The Morgan fingerprint density at radius 3 is 2.39 bits per heavy atom. The third-order valence-electron chi connectivity index (χ3n) is 4.38. The summed E-state index contributed by atoms with van der Waals surface area (Å²) in [6.45, 7) is 2.63. The maximum absolute atomic E-state index is 13.3. The van der Waals surface area contributed by atoms with Crippen LogP contribution in [0.25, 0.3) is 11.1 Å². The highest BCUT2D eigenvalue weighted by Gasteiger charge is 2.25. The minimum atomic E-state index is -0.492. The number of halogens is 1. The molecular weight excluding hydrogens is 361 g/mol. The summed E-state index contributed by atoms with van der Waals surface area (Å²) in [5.41, 5.74) is 2.58. The SMILES string of the molecule is CCOc1cc(-c2ccccc2OC)c(C(=O)OC)n1Cc1ccc(F)cc1. The van der Waals surface area contributed by atoms with Gasteiger partial charge in [0.1, 0.15) is 17.3 Å². The third-order valence-corrected chi connectivity index (χ3v) is 4.38. The Labute approximate surface area is 163 Å². The molecule has 2 aromatic carbocycles. The van der Waals surface area contributed by atoms with Gasteiger partial charge in [-0.25, -0.2) is 9.18 Å². The molecule has 0 saturated heterocycles. The number of rotatable bonds is 7. The number of nitrogens with zero attached hydrogens (tertiary/aromatic N) is 1. The van der Waals surface area contributed by atoms with E-state index in [0.29, 0.717) is 36.0 Å². The number of benzene rings is 2. The Morgan fingerprint density at radius 2 is 1.75 bits per heavy atom. The predicted octanol–water partition coefficient (Wildman–Crippen LogP) is 4.54. The molecule has 0 N–H and O–H groups in total. The van der Waals surface area contributed by atoms with E-state index in [2.05, 4.69) is 0 Å². The van der Waals surface area contributed by atoms with E-state index in [1.165, 1.54) is 19.2 Å². The lowest BCUT2D eigenvalue weighted by molar-refractivity contribution is 0.0588. The second-order valence-electron chi connectivity index (χ2n) is 6.08. The number of aromatic nitrogens is 1. The topological polar surface area (TPSA) is 49.7 Å². The van der Waals surface area contributed by atoms with Crippen LogP contribution in [-0.2, 0) is 11.3 Å². The zero-order chi connectivity index (χ0) is 20.1. The molecule has 0 aliphatic heterocycles. The van der Waals surface area contributed by atoms with Crippen LogP contribution in [0.4, 0.5) is 4.39 Å². The van der Waals surface area contributed by atoms with E-state index in [0.717, 1.165) is 11.1 Å². The van der Waals surface area contributed by atoms with Crippen molar-refractivity contribution in [3.8, 4) is 22.8 Å². The lowest BCUT2D eigenvalue weighted by Gasteiger charge is -2.14. The summed E-state index contributed by atoms with van der Waals surface area (Å²) in [4.78, 5) is 12.7. The van der Waals surface area contributed by atoms with Gasteiger partial charge in [-0.3, -0.25) is 0 Å². The van der Waals surface area contributed by atoms with E-state index < -0.39 is 5.97 Å². The van der Waals surface area contributed by atoms with Crippen LogP contribution >= 0.6 is 0 Å². The highest BCUT2D eigenvalue weighted by Crippen LogP contribution is 2.37. The van der Waals surface area contributed by atoms with E-state index in [-0.39, 0.29) is 5.82 Å². The number of carbonyl (C=O) groups is 1. The normalized spacial score (nSPS) is 10.6. The monoisotopic (exact) mass is 383 g/mol. The fourth-order valence-corrected chi connectivity index (χ4v) is 3.11. The molecule has 0 aliphatic rings. The number of carbonyl (C=O) groups excluding carboxylic acids is 1. The lowest BCUT2D eigenvalue weighted by atomic mass is 10.0. The van der Waals surface area contributed by atoms with Gasteiger partial charge in [0.05, 0.1) is 27.4 Å². The summed E-state index contributed by atoms with van der Waals surface area (Å²) < 4.78 is 31.3. The third kappa shape index (κ3) is 3.86. The van der Waals surface area contributed by atoms with Crippen LogP contribution < -0.4 is 9.47 Å². The smallest absolute Gasteiger partial charge is 0.355 e. The Bertz CT molecular complexity index is 963. The number of ether oxygens (including phenoxy) is 3. The summed E-state index contributed by atoms with van der Waals surface area (Å²) in [6, 6.07) is 15.4. The summed E-state index contributed by atoms with van der Waals surface area (Å²) in [7, 11) is 2.92. The quantitative estimate of drug-likeness (QED) is 0.562. The van der Waals surface area contributed by atoms with Gasteiger partial charge in [0.25, 0.3) is 0 Å². The van der Waals surface area contributed by atoms with Gasteiger partial charge in [0.15, 0.2) is 5.88 Å². The van der Waals surface area contributed by atoms with Crippen LogP contribution in [0, 0.1) is 5.82 Å². The van der Waals surface area contributed by atoms with Crippen molar-refractivity contribution in [1.29, 1.82) is 0 Å². The molecule has 0 atom stereocenters. The predicted molar refractivity (Wildman–Crippen MR) is 104 cm³/mol. The molecule has 0 amide bonds. The fourth-order valence-electron chi connectivity index (χ4n) is 3.11. The Hall–Kier alpha value is -3.28. The highest BCUT2D eigenvalue weighted by molar-refractivity contribution is 5.97. The molecule has 1 heterocycles. The fraction of sp³-hybridized carbons (Fsp3) is 0.227. The van der Waals surface area contributed by atoms with E-state index in [4.69, 9.17) is 14.2 Å². The number of hydrogen-bond donors (Lipinski definition) is 0.